The first kappa shape index (κ1) is 14.4. The fourth-order valence-corrected chi connectivity index (χ4v) is 1.97. The van der Waals surface area contributed by atoms with Crippen LogP contribution in [0, 0.1) is 0 Å². The van der Waals surface area contributed by atoms with Gasteiger partial charge in [0.05, 0.1) is 11.1 Å². The molecule has 0 radical (unpaired) electrons. The molecule has 1 rings (SSSR count). The molecule has 0 aliphatic heterocycles. The van der Waals surface area contributed by atoms with E-state index in [1.165, 1.54) is 0 Å². The third-order valence-electron chi connectivity index (χ3n) is 2.03. The predicted octanol–water partition coefficient (Wildman–Crippen LogP) is 1.97. The van der Waals surface area contributed by atoms with Crippen molar-refractivity contribution < 1.29 is 4.74 Å². The Hall–Kier alpha value is -0.650. The summed E-state index contributed by atoms with van der Waals surface area (Å²) in [5.41, 5.74) is 0. The molecule has 1 aromatic rings. The Morgan fingerprint density at radius 3 is 3.00 bits per heavy atom. The number of hydrogen-bond donors (Lipinski definition) is 1. The van der Waals surface area contributed by atoms with Crippen LogP contribution >= 0.6 is 11.8 Å². The minimum atomic E-state index is 0.336. The van der Waals surface area contributed by atoms with Crippen LogP contribution in [0.4, 0.5) is 0 Å². The van der Waals surface area contributed by atoms with E-state index in [0.717, 1.165) is 36.9 Å². The molecule has 0 saturated carbocycles. The van der Waals surface area contributed by atoms with E-state index >= 15 is 0 Å². The molecule has 0 spiro atoms. The van der Waals surface area contributed by atoms with Crippen LogP contribution in [0.1, 0.15) is 20.3 Å². The molecule has 1 heterocycles. The quantitative estimate of drug-likeness (QED) is 0.415. The highest BCUT2D eigenvalue weighted by Crippen LogP contribution is 2.11. The lowest BCUT2D eigenvalue weighted by Crippen LogP contribution is -2.20. The third-order valence-corrected chi connectivity index (χ3v) is 2.98. The van der Waals surface area contributed by atoms with Crippen LogP contribution in [0.25, 0.3) is 0 Å². The molecule has 0 unspecified atom stereocenters. The predicted molar refractivity (Wildman–Crippen MR) is 71.3 cm³/mol. The first-order chi connectivity index (χ1) is 8.29. The standard InChI is InChI=1S/C12H21N3OS/c1-11(2)16-8-3-5-13-7-9-17-12-4-6-14-10-15-12/h4,6,10-11,13H,3,5,7-9H2,1-2H3. The van der Waals surface area contributed by atoms with Gasteiger partial charge in [-0.1, -0.05) is 0 Å². The van der Waals surface area contributed by atoms with Gasteiger partial charge in [0.1, 0.15) is 6.33 Å². The summed E-state index contributed by atoms with van der Waals surface area (Å²) >= 11 is 1.74. The summed E-state index contributed by atoms with van der Waals surface area (Å²) in [6, 6.07) is 1.93. The number of ether oxygens (including phenoxy) is 1. The molecule has 0 bridgehead atoms. The molecule has 1 N–H and O–H groups in total. The summed E-state index contributed by atoms with van der Waals surface area (Å²) in [7, 11) is 0. The first-order valence-corrected chi connectivity index (χ1v) is 6.98. The number of aromatic nitrogens is 2. The van der Waals surface area contributed by atoms with Crippen LogP contribution in [0.3, 0.4) is 0 Å². The van der Waals surface area contributed by atoms with Crippen LogP contribution in [0.5, 0.6) is 0 Å². The molecule has 0 fully saturated rings. The van der Waals surface area contributed by atoms with Crippen molar-refractivity contribution in [3.05, 3.63) is 18.6 Å². The molecule has 0 amide bonds. The van der Waals surface area contributed by atoms with Crippen LogP contribution in [-0.4, -0.2) is 41.5 Å². The third kappa shape index (κ3) is 8.12. The van der Waals surface area contributed by atoms with E-state index in [1.54, 1.807) is 24.3 Å². The molecule has 1 aromatic heterocycles. The highest BCUT2D eigenvalue weighted by molar-refractivity contribution is 7.99. The van der Waals surface area contributed by atoms with E-state index in [2.05, 4.69) is 29.1 Å². The average molecular weight is 255 g/mol. The van der Waals surface area contributed by atoms with E-state index in [0.29, 0.717) is 6.10 Å². The molecule has 17 heavy (non-hydrogen) atoms. The maximum atomic E-state index is 5.46. The minimum absolute atomic E-state index is 0.336. The Morgan fingerprint density at radius 1 is 1.41 bits per heavy atom. The Morgan fingerprint density at radius 2 is 2.29 bits per heavy atom. The smallest absolute Gasteiger partial charge is 0.116 e. The fourth-order valence-electron chi connectivity index (χ4n) is 1.23. The number of nitrogens with one attached hydrogen (secondary N) is 1. The molecule has 4 nitrogen and oxygen atoms in total. The van der Waals surface area contributed by atoms with Gasteiger partial charge in [-0.05, 0) is 32.9 Å². The zero-order chi connectivity index (χ0) is 12.3. The summed E-state index contributed by atoms with van der Waals surface area (Å²) < 4.78 is 5.46. The van der Waals surface area contributed by atoms with Crippen molar-refractivity contribution in [2.75, 3.05) is 25.4 Å². The van der Waals surface area contributed by atoms with Crippen LogP contribution in [0.15, 0.2) is 23.6 Å². The SMILES string of the molecule is CC(C)OCCCNCCSc1ccncn1. The largest absolute Gasteiger partial charge is 0.379 e. The maximum absolute atomic E-state index is 5.46. The lowest BCUT2D eigenvalue weighted by atomic mass is 10.4. The summed E-state index contributed by atoms with van der Waals surface area (Å²) in [4.78, 5) is 8.03. The van der Waals surface area contributed by atoms with Crippen LogP contribution in [-0.2, 0) is 4.74 Å². The molecule has 96 valence electrons. The topological polar surface area (TPSA) is 47.0 Å². The second kappa shape index (κ2) is 9.39. The van der Waals surface area contributed by atoms with Crippen molar-refractivity contribution in [3.63, 3.8) is 0 Å². The number of thioether (sulfide) groups is 1. The van der Waals surface area contributed by atoms with Gasteiger partial charge in [0.15, 0.2) is 0 Å². The highest BCUT2D eigenvalue weighted by atomic mass is 32.2. The van der Waals surface area contributed by atoms with Crippen molar-refractivity contribution in [2.24, 2.45) is 0 Å². The molecule has 5 heteroatoms. The number of rotatable bonds is 9. The van der Waals surface area contributed by atoms with Gasteiger partial charge in [0.25, 0.3) is 0 Å². The fraction of sp³-hybridized carbons (Fsp3) is 0.667. The lowest BCUT2D eigenvalue weighted by Gasteiger charge is -2.07. The van der Waals surface area contributed by atoms with Crippen molar-refractivity contribution in [2.45, 2.75) is 31.4 Å². The molecule has 0 atom stereocenters. The van der Waals surface area contributed by atoms with Gasteiger partial charge in [0.2, 0.25) is 0 Å². The second-order valence-corrected chi connectivity index (χ2v) is 5.03. The van der Waals surface area contributed by atoms with Crippen LogP contribution < -0.4 is 5.32 Å². The van der Waals surface area contributed by atoms with E-state index in [4.69, 9.17) is 4.74 Å². The Labute approximate surface area is 108 Å². The van der Waals surface area contributed by atoms with Crippen molar-refractivity contribution in [1.29, 1.82) is 0 Å². The molecule has 0 saturated heterocycles. The zero-order valence-electron chi connectivity index (χ0n) is 10.6. The molecule has 0 aliphatic rings. The average Bonchev–Trinajstić information content (AvgIpc) is 2.33. The highest BCUT2D eigenvalue weighted by Gasteiger charge is 1.95. The summed E-state index contributed by atoms with van der Waals surface area (Å²) in [6.07, 6.45) is 4.75. The Bertz CT molecular complexity index is 282. The van der Waals surface area contributed by atoms with E-state index < -0.39 is 0 Å². The normalized spacial score (nSPS) is 11.0. The zero-order valence-corrected chi connectivity index (χ0v) is 11.4. The number of hydrogen-bond acceptors (Lipinski definition) is 5. The van der Waals surface area contributed by atoms with E-state index in [9.17, 15) is 0 Å². The first-order valence-electron chi connectivity index (χ1n) is 6.00. The molecular formula is C12H21N3OS. The maximum Gasteiger partial charge on any atom is 0.116 e. The number of nitrogens with zero attached hydrogens (tertiary/aromatic N) is 2. The monoisotopic (exact) mass is 255 g/mol. The van der Waals surface area contributed by atoms with Crippen molar-refractivity contribution in [1.82, 2.24) is 15.3 Å². The summed E-state index contributed by atoms with van der Waals surface area (Å²) in [6.45, 7) is 6.97. The van der Waals surface area contributed by atoms with Gasteiger partial charge in [-0.15, -0.1) is 11.8 Å². The van der Waals surface area contributed by atoms with Gasteiger partial charge in [-0.2, -0.15) is 0 Å². The molecular weight excluding hydrogens is 234 g/mol. The van der Waals surface area contributed by atoms with Gasteiger partial charge in [-0.3, -0.25) is 0 Å². The van der Waals surface area contributed by atoms with E-state index in [1.807, 2.05) is 6.07 Å². The summed E-state index contributed by atoms with van der Waals surface area (Å²) in [5.74, 6) is 1.03. The molecule has 0 aliphatic carbocycles. The van der Waals surface area contributed by atoms with Crippen molar-refractivity contribution in [3.8, 4) is 0 Å². The Balaban J connectivity index is 1.88. The van der Waals surface area contributed by atoms with E-state index in [-0.39, 0.29) is 0 Å². The van der Waals surface area contributed by atoms with Gasteiger partial charge >= 0.3 is 0 Å². The van der Waals surface area contributed by atoms with Crippen LogP contribution in [0.2, 0.25) is 0 Å². The Kier molecular flexibility index (Phi) is 7.96. The minimum Gasteiger partial charge on any atom is -0.379 e. The molecule has 0 aromatic carbocycles. The van der Waals surface area contributed by atoms with Gasteiger partial charge in [0, 0.05) is 25.1 Å². The van der Waals surface area contributed by atoms with Gasteiger partial charge in [-0.25, -0.2) is 9.97 Å². The van der Waals surface area contributed by atoms with Gasteiger partial charge < -0.3 is 10.1 Å². The second-order valence-electron chi connectivity index (χ2n) is 3.92. The lowest BCUT2D eigenvalue weighted by molar-refractivity contribution is 0.0772. The summed E-state index contributed by atoms with van der Waals surface area (Å²) in [5, 5.41) is 4.42. The van der Waals surface area contributed by atoms with Crippen molar-refractivity contribution >= 4 is 11.8 Å².